The number of rotatable bonds is 4. The third-order valence-electron chi connectivity index (χ3n) is 1.27. The molecule has 0 bridgehead atoms. The van der Waals surface area contributed by atoms with Crippen LogP contribution in [0.2, 0.25) is 0 Å². The summed E-state index contributed by atoms with van der Waals surface area (Å²) in [5.41, 5.74) is 0. The first kappa shape index (κ1) is 9.19. The van der Waals surface area contributed by atoms with Crippen LogP contribution in [-0.2, 0) is 4.79 Å². The zero-order chi connectivity index (χ0) is 7.98. The molecule has 0 aromatic heterocycles. The molecule has 0 aromatic carbocycles. The zero-order valence-corrected chi connectivity index (χ0v) is 6.13. The van der Waals surface area contributed by atoms with Gasteiger partial charge in [0, 0.05) is 12.8 Å². The van der Waals surface area contributed by atoms with Crippen LogP contribution in [0.3, 0.4) is 0 Å². The number of ketones is 1. The van der Waals surface area contributed by atoms with E-state index in [1.807, 2.05) is 0 Å². The molecular formula is C8H12O2. The highest BCUT2D eigenvalue weighted by Crippen LogP contribution is 1.98. The summed E-state index contributed by atoms with van der Waals surface area (Å²) in [6, 6.07) is 0. The zero-order valence-electron chi connectivity index (χ0n) is 6.13. The molecule has 0 fully saturated rings. The number of carbonyl (C=O) groups excluding carboxylic acids is 1. The lowest BCUT2D eigenvalue weighted by atomic mass is 10.1. The third kappa shape index (κ3) is 3.26. The van der Waals surface area contributed by atoms with Crippen molar-refractivity contribution in [1.82, 2.24) is 0 Å². The molecule has 1 unspecified atom stereocenters. The van der Waals surface area contributed by atoms with Crippen molar-refractivity contribution in [3.05, 3.63) is 0 Å². The Hall–Kier alpha value is -0.810. The minimum absolute atomic E-state index is 0.152. The van der Waals surface area contributed by atoms with E-state index in [0.717, 1.165) is 0 Å². The molecule has 1 N–H and O–H groups in total. The molecule has 0 aliphatic rings. The number of hydrogen-bond acceptors (Lipinski definition) is 2. The lowest BCUT2D eigenvalue weighted by molar-refractivity contribution is -0.127. The second kappa shape index (κ2) is 5.01. The van der Waals surface area contributed by atoms with E-state index in [4.69, 9.17) is 11.5 Å². The van der Waals surface area contributed by atoms with Crippen LogP contribution >= 0.6 is 0 Å². The molecule has 1 atom stereocenters. The molecule has 0 radical (unpaired) electrons. The second-order valence-electron chi connectivity index (χ2n) is 2.09. The molecular weight excluding hydrogens is 128 g/mol. The van der Waals surface area contributed by atoms with Crippen LogP contribution in [-0.4, -0.2) is 17.0 Å². The summed E-state index contributed by atoms with van der Waals surface area (Å²) in [7, 11) is 0. The third-order valence-corrected chi connectivity index (χ3v) is 1.27. The van der Waals surface area contributed by atoms with Crippen LogP contribution in [0.25, 0.3) is 0 Å². The molecule has 56 valence electrons. The summed E-state index contributed by atoms with van der Waals surface area (Å²) in [5, 5.41) is 8.93. The maximum Gasteiger partial charge on any atom is 0.162 e. The quantitative estimate of drug-likeness (QED) is 0.585. The van der Waals surface area contributed by atoms with Gasteiger partial charge in [-0.05, 0) is 6.42 Å². The Balaban J connectivity index is 3.54. The van der Waals surface area contributed by atoms with Crippen molar-refractivity contribution in [2.24, 2.45) is 0 Å². The predicted octanol–water partition coefficient (Wildman–Crippen LogP) is 0.740. The Morgan fingerprint density at radius 1 is 1.80 bits per heavy atom. The largest absolute Gasteiger partial charge is 0.385 e. The fourth-order valence-electron chi connectivity index (χ4n) is 0.590. The van der Waals surface area contributed by atoms with Gasteiger partial charge in [-0.15, -0.1) is 12.3 Å². The van der Waals surface area contributed by atoms with E-state index >= 15 is 0 Å². The Morgan fingerprint density at radius 2 is 2.40 bits per heavy atom. The lowest BCUT2D eigenvalue weighted by Gasteiger charge is -2.02. The van der Waals surface area contributed by atoms with Crippen LogP contribution in [0, 0.1) is 12.3 Å². The van der Waals surface area contributed by atoms with Gasteiger partial charge in [0.25, 0.3) is 0 Å². The Kier molecular flexibility index (Phi) is 4.61. The van der Waals surface area contributed by atoms with Crippen LogP contribution in [0.5, 0.6) is 0 Å². The number of aliphatic hydroxyl groups is 1. The fourth-order valence-corrected chi connectivity index (χ4v) is 0.590. The molecule has 0 aliphatic heterocycles. The highest BCUT2D eigenvalue weighted by atomic mass is 16.3. The molecule has 0 aliphatic carbocycles. The summed E-state index contributed by atoms with van der Waals surface area (Å²) >= 11 is 0. The smallest absolute Gasteiger partial charge is 0.162 e. The summed E-state index contributed by atoms with van der Waals surface area (Å²) < 4.78 is 0. The fraction of sp³-hybridized carbons (Fsp3) is 0.625. The van der Waals surface area contributed by atoms with Gasteiger partial charge in [0.15, 0.2) is 5.78 Å². The molecule has 0 amide bonds. The molecule has 0 saturated heterocycles. The average Bonchev–Trinajstić information content (AvgIpc) is 1.98. The summed E-state index contributed by atoms with van der Waals surface area (Å²) in [5.74, 6) is 2.19. The Morgan fingerprint density at radius 3 is 2.80 bits per heavy atom. The van der Waals surface area contributed by atoms with Crippen molar-refractivity contribution in [2.75, 3.05) is 0 Å². The minimum Gasteiger partial charge on any atom is -0.385 e. The van der Waals surface area contributed by atoms with Crippen LogP contribution < -0.4 is 0 Å². The number of terminal acetylenes is 1. The maximum atomic E-state index is 10.8. The first-order valence-electron chi connectivity index (χ1n) is 3.36. The van der Waals surface area contributed by atoms with Gasteiger partial charge in [-0.25, -0.2) is 0 Å². The normalized spacial score (nSPS) is 12.1. The first-order valence-corrected chi connectivity index (χ1v) is 3.36. The maximum absolute atomic E-state index is 10.8. The molecule has 2 nitrogen and oxygen atoms in total. The van der Waals surface area contributed by atoms with Crippen LogP contribution in [0.15, 0.2) is 0 Å². The number of carbonyl (C=O) groups is 1. The highest BCUT2D eigenvalue weighted by Gasteiger charge is 2.10. The van der Waals surface area contributed by atoms with Crippen molar-refractivity contribution < 1.29 is 9.90 Å². The SMILES string of the molecule is C#CCCC(=O)C(O)CC. The minimum atomic E-state index is -0.812. The van der Waals surface area contributed by atoms with Gasteiger partial charge in [-0.2, -0.15) is 0 Å². The van der Waals surface area contributed by atoms with Crippen molar-refractivity contribution in [1.29, 1.82) is 0 Å². The number of aliphatic hydroxyl groups excluding tert-OH is 1. The Bertz CT molecular complexity index is 144. The standard InChI is InChI=1S/C8H12O2/c1-3-5-6-8(10)7(9)4-2/h1,7,9H,4-6H2,2H3. The summed E-state index contributed by atoms with van der Waals surface area (Å²) in [6.45, 7) is 1.76. The van der Waals surface area contributed by atoms with E-state index in [9.17, 15) is 4.79 Å². The van der Waals surface area contributed by atoms with Gasteiger partial charge in [-0.1, -0.05) is 6.92 Å². The van der Waals surface area contributed by atoms with E-state index in [-0.39, 0.29) is 5.78 Å². The van der Waals surface area contributed by atoms with Crippen LogP contribution in [0.1, 0.15) is 26.2 Å². The average molecular weight is 140 g/mol. The molecule has 0 saturated carbocycles. The van der Waals surface area contributed by atoms with E-state index in [1.54, 1.807) is 6.92 Å². The van der Waals surface area contributed by atoms with Crippen LogP contribution in [0.4, 0.5) is 0 Å². The molecule has 0 aromatic rings. The molecule has 10 heavy (non-hydrogen) atoms. The van der Waals surface area contributed by atoms with Crippen molar-refractivity contribution in [3.8, 4) is 12.3 Å². The van der Waals surface area contributed by atoms with Gasteiger partial charge in [0.1, 0.15) is 6.10 Å². The Labute approximate surface area is 61.2 Å². The second-order valence-corrected chi connectivity index (χ2v) is 2.09. The molecule has 0 spiro atoms. The van der Waals surface area contributed by atoms with Gasteiger partial charge in [0.05, 0.1) is 0 Å². The summed E-state index contributed by atoms with van der Waals surface area (Å²) in [6.07, 6.45) is 5.32. The number of hydrogen-bond donors (Lipinski definition) is 1. The summed E-state index contributed by atoms with van der Waals surface area (Å²) in [4.78, 5) is 10.8. The molecule has 2 heteroatoms. The topological polar surface area (TPSA) is 37.3 Å². The van der Waals surface area contributed by atoms with Crippen molar-refractivity contribution in [2.45, 2.75) is 32.3 Å². The van der Waals surface area contributed by atoms with E-state index in [0.29, 0.717) is 19.3 Å². The van der Waals surface area contributed by atoms with Crippen molar-refractivity contribution in [3.63, 3.8) is 0 Å². The lowest BCUT2D eigenvalue weighted by Crippen LogP contribution is -2.18. The van der Waals surface area contributed by atoms with E-state index in [1.165, 1.54) is 0 Å². The predicted molar refractivity (Wildman–Crippen MR) is 39.4 cm³/mol. The first-order chi connectivity index (χ1) is 4.72. The van der Waals surface area contributed by atoms with Gasteiger partial charge in [0.2, 0.25) is 0 Å². The number of Topliss-reactive ketones (excluding diaryl/α,β-unsaturated/α-hetero) is 1. The molecule has 0 rings (SSSR count). The molecule has 0 heterocycles. The van der Waals surface area contributed by atoms with Gasteiger partial charge in [-0.3, -0.25) is 4.79 Å². The van der Waals surface area contributed by atoms with Crippen molar-refractivity contribution >= 4 is 5.78 Å². The van der Waals surface area contributed by atoms with Gasteiger partial charge < -0.3 is 5.11 Å². The highest BCUT2D eigenvalue weighted by molar-refractivity contribution is 5.82. The van der Waals surface area contributed by atoms with E-state index < -0.39 is 6.10 Å². The van der Waals surface area contributed by atoms with Gasteiger partial charge >= 0.3 is 0 Å². The monoisotopic (exact) mass is 140 g/mol. The van der Waals surface area contributed by atoms with E-state index in [2.05, 4.69) is 5.92 Å².